The maximum absolute atomic E-state index is 12.4. The number of hydrogen-bond donors (Lipinski definition) is 1. The van der Waals surface area contributed by atoms with Crippen molar-refractivity contribution in [1.29, 1.82) is 0 Å². The molecule has 1 N–H and O–H groups in total. The first-order valence-electron chi connectivity index (χ1n) is 8.08. The topological polar surface area (TPSA) is 55.4 Å². The number of nitrogens with one attached hydrogen (secondary N) is 1. The largest absolute Gasteiger partial charge is 0.455 e. The number of rotatable bonds is 6. The van der Waals surface area contributed by atoms with Crippen LogP contribution in [0.15, 0.2) is 54.6 Å². The lowest BCUT2D eigenvalue weighted by molar-refractivity contribution is -0.153. The van der Waals surface area contributed by atoms with Gasteiger partial charge in [0.05, 0.1) is 11.5 Å². The van der Waals surface area contributed by atoms with E-state index in [-0.39, 0.29) is 18.6 Å². The molecule has 25 heavy (non-hydrogen) atoms. The van der Waals surface area contributed by atoms with E-state index in [0.717, 1.165) is 11.1 Å². The van der Waals surface area contributed by atoms with Crippen LogP contribution in [0.5, 0.6) is 0 Å². The Morgan fingerprint density at radius 1 is 1.12 bits per heavy atom. The van der Waals surface area contributed by atoms with Gasteiger partial charge in [0.2, 0.25) is 0 Å². The van der Waals surface area contributed by atoms with Gasteiger partial charge < -0.3 is 10.1 Å². The Morgan fingerprint density at radius 3 is 2.44 bits per heavy atom. The van der Waals surface area contributed by atoms with Crippen molar-refractivity contribution in [3.05, 3.63) is 70.7 Å². The first-order chi connectivity index (χ1) is 11.8. The van der Waals surface area contributed by atoms with E-state index in [4.69, 9.17) is 16.3 Å². The number of benzene rings is 2. The van der Waals surface area contributed by atoms with E-state index in [0.29, 0.717) is 5.02 Å². The Balaban J connectivity index is 1.90. The van der Waals surface area contributed by atoms with Crippen molar-refractivity contribution in [2.75, 3.05) is 6.61 Å². The van der Waals surface area contributed by atoms with Crippen molar-refractivity contribution in [3.63, 3.8) is 0 Å². The molecule has 5 heteroatoms. The lowest BCUT2D eigenvalue weighted by Gasteiger charge is -2.23. The minimum atomic E-state index is -0.819. The number of hydrogen-bond acceptors (Lipinski definition) is 3. The molecule has 1 atom stereocenters. The fourth-order valence-electron chi connectivity index (χ4n) is 2.43. The summed E-state index contributed by atoms with van der Waals surface area (Å²) in [5, 5.41) is 3.40. The van der Waals surface area contributed by atoms with Crippen LogP contribution in [0, 0.1) is 0 Å². The van der Waals surface area contributed by atoms with E-state index in [9.17, 15) is 9.59 Å². The van der Waals surface area contributed by atoms with Crippen molar-refractivity contribution >= 4 is 23.5 Å². The molecule has 0 aliphatic carbocycles. The van der Waals surface area contributed by atoms with Crippen LogP contribution in [0.25, 0.3) is 0 Å². The summed E-state index contributed by atoms with van der Waals surface area (Å²) in [6.07, 6.45) is 0. The normalized spacial score (nSPS) is 12.3. The molecular weight excluding hydrogens is 338 g/mol. The van der Waals surface area contributed by atoms with Gasteiger partial charge in [-0.05, 0) is 44.0 Å². The van der Waals surface area contributed by atoms with Crippen LogP contribution < -0.4 is 5.32 Å². The van der Waals surface area contributed by atoms with Gasteiger partial charge in [0, 0.05) is 5.02 Å². The molecular formula is C20H22ClNO3. The fraction of sp³-hybridized carbons (Fsp3) is 0.300. The number of amides is 1. The third kappa shape index (κ3) is 5.07. The molecule has 0 spiro atoms. The summed E-state index contributed by atoms with van der Waals surface area (Å²) in [4.78, 5) is 24.4. The molecule has 0 fully saturated rings. The first-order valence-corrected chi connectivity index (χ1v) is 8.46. The quantitative estimate of drug-likeness (QED) is 0.792. The van der Waals surface area contributed by atoms with E-state index in [1.165, 1.54) is 0 Å². The van der Waals surface area contributed by atoms with Crippen LogP contribution in [0.4, 0.5) is 0 Å². The van der Waals surface area contributed by atoms with Crippen molar-refractivity contribution in [2.24, 2.45) is 0 Å². The minimum absolute atomic E-state index is 0.230. The Hall–Kier alpha value is -2.33. The average Bonchev–Trinajstić information content (AvgIpc) is 2.60. The summed E-state index contributed by atoms with van der Waals surface area (Å²) in [5.41, 5.74) is 0.907. The maximum Gasteiger partial charge on any atom is 0.316 e. The van der Waals surface area contributed by atoms with Gasteiger partial charge in [-0.15, -0.1) is 0 Å². The van der Waals surface area contributed by atoms with E-state index in [2.05, 4.69) is 5.32 Å². The zero-order chi connectivity index (χ0) is 18.4. The highest BCUT2D eigenvalue weighted by Gasteiger charge is 2.31. The van der Waals surface area contributed by atoms with E-state index in [1.807, 2.05) is 49.4 Å². The second kappa shape index (κ2) is 8.17. The lowest BCUT2D eigenvalue weighted by atomic mass is 9.85. The molecule has 0 saturated carbocycles. The van der Waals surface area contributed by atoms with Crippen molar-refractivity contribution in [2.45, 2.75) is 32.2 Å². The van der Waals surface area contributed by atoms with E-state index in [1.54, 1.807) is 26.0 Å². The Labute approximate surface area is 153 Å². The summed E-state index contributed by atoms with van der Waals surface area (Å²) in [7, 11) is 0. The zero-order valence-electron chi connectivity index (χ0n) is 14.6. The third-order valence-corrected chi connectivity index (χ3v) is 4.30. The molecule has 2 rings (SSSR count). The molecule has 1 amide bonds. The maximum atomic E-state index is 12.4. The second-order valence-electron chi connectivity index (χ2n) is 6.41. The summed E-state index contributed by atoms with van der Waals surface area (Å²) in [6.45, 7) is 5.08. The predicted octanol–water partition coefficient (Wildman–Crippen LogP) is 4.04. The summed E-state index contributed by atoms with van der Waals surface area (Å²) in [5.74, 6) is -0.797. The molecule has 0 heterocycles. The fourth-order valence-corrected chi connectivity index (χ4v) is 2.63. The third-order valence-electron chi connectivity index (χ3n) is 4.07. The minimum Gasteiger partial charge on any atom is -0.455 e. The number of carbonyl (C=O) groups is 2. The second-order valence-corrected chi connectivity index (χ2v) is 6.85. The van der Waals surface area contributed by atoms with Crippen LogP contribution >= 0.6 is 11.6 Å². The summed E-state index contributed by atoms with van der Waals surface area (Å²) >= 11 is 5.95. The number of esters is 1. The van der Waals surface area contributed by atoms with Gasteiger partial charge in [-0.2, -0.15) is 0 Å². The monoisotopic (exact) mass is 359 g/mol. The van der Waals surface area contributed by atoms with Crippen LogP contribution in [0.3, 0.4) is 0 Å². The molecule has 132 valence electrons. The summed E-state index contributed by atoms with van der Waals surface area (Å²) in [6, 6.07) is 16.4. The van der Waals surface area contributed by atoms with Crippen LogP contribution in [-0.4, -0.2) is 18.5 Å². The van der Waals surface area contributed by atoms with Gasteiger partial charge in [0.25, 0.3) is 5.91 Å². The molecule has 2 aromatic rings. The first kappa shape index (κ1) is 19.0. The lowest BCUT2D eigenvalue weighted by Crippen LogP contribution is -2.36. The summed E-state index contributed by atoms with van der Waals surface area (Å²) < 4.78 is 5.21. The SMILES string of the molecule is C[C@H](NC(=O)COC(=O)C(C)(C)c1ccccc1)c1cccc(Cl)c1. The average molecular weight is 360 g/mol. The van der Waals surface area contributed by atoms with E-state index < -0.39 is 11.4 Å². The molecule has 0 aromatic heterocycles. The van der Waals surface area contributed by atoms with Crippen molar-refractivity contribution < 1.29 is 14.3 Å². The highest BCUT2D eigenvalue weighted by atomic mass is 35.5. The number of carbonyl (C=O) groups excluding carboxylic acids is 2. The molecule has 0 saturated heterocycles. The smallest absolute Gasteiger partial charge is 0.316 e. The van der Waals surface area contributed by atoms with Gasteiger partial charge in [0.1, 0.15) is 0 Å². The molecule has 0 unspecified atom stereocenters. The number of halogens is 1. The zero-order valence-corrected chi connectivity index (χ0v) is 15.3. The molecule has 0 bridgehead atoms. The predicted molar refractivity (Wildman–Crippen MR) is 98.4 cm³/mol. The van der Waals surface area contributed by atoms with Gasteiger partial charge >= 0.3 is 5.97 Å². The highest BCUT2D eigenvalue weighted by molar-refractivity contribution is 6.30. The Bertz CT molecular complexity index is 744. The van der Waals surface area contributed by atoms with Crippen molar-refractivity contribution in [3.8, 4) is 0 Å². The van der Waals surface area contributed by atoms with Gasteiger partial charge in [-0.1, -0.05) is 54.1 Å². The highest BCUT2D eigenvalue weighted by Crippen LogP contribution is 2.24. The van der Waals surface area contributed by atoms with Crippen LogP contribution in [-0.2, 0) is 19.7 Å². The molecule has 0 aliphatic rings. The van der Waals surface area contributed by atoms with Gasteiger partial charge in [-0.25, -0.2) is 0 Å². The van der Waals surface area contributed by atoms with E-state index >= 15 is 0 Å². The van der Waals surface area contributed by atoms with Gasteiger partial charge in [-0.3, -0.25) is 9.59 Å². The number of ether oxygens (including phenoxy) is 1. The van der Waals surface area contributed by atoms with Crippen LogP contribution in [0.1, 0.15) is 37.9 Å². The molecule has 0 aliphatic heterocycles. The van der Waals surface area contributed by atoms with Gasteiger partial charge in [0.15, 0.2) is 6.61 Å². The Kier molecular flexibility index (Phi) is 6.21. The van der Waals surface area contributed by atoms with Crippen molar-refractivity contribution in [1.82, 2.24) is 5.32 Å². The Morgan fingerprint density at radius 2 is 1.80 bits per heavy atom. The van der Waals surface area contributed by atoms with Crippen LogP contribution in [0.2, 0.25) is 5.02 Å². The molecule has 4 nitrogen and oxygen atoms in total. The standard InChI is InChI=1S/C20H22ClNO3/c1-14(15-8-7-11-17(21)12-15)22-18(23)13-25-19(24)20(2,3)16-9-5-4-6-10-16/h4-12,14H,13H2,1-3H3,(H,22,23)/t14-/m0/s1. The molecule has 2 aromatic carbocycles. The molecule has 0 radical (unpaired) electrons.